The van der Waals surface area contributed by atoms with Crippen molar-refractivity contribution in [3.8, 4) is 0 Å². The maximum atomic E-state index is 12.5. The predicted molar refractivity (Wildman–Crippen MR) is 81.2 cm³/mol. The highest BCUT2D eigenvalue weighted by Crippen LogP contribution is 2.24. The molecule has 0 radical (unpaired) electrons. The van der Waals surface area contributed by atoms with Gasteiger partial charge in [0.2, 0.25) is 10.0 Å². The summed E-state index contributed by atoms with van der Waals surface area (Å²) in [7, 11) is -3.52. The number of sulfonamides is 1. The van der Waals surface area contributed by atoms with Gasteiger partial charge in [-0.25, -0.2) is 13.1 Å². The van der Waals surface area contributed by atoms with Gasteiger partial charge in [0, 0.05) is 17.6 Å². The van der Waals surface area contributed by atoms with Gasteiger partial charge >= 0.3 is 0 Å². The van der Waals surface area contributed by atoms with E-state index in [2.05, 4.69) is 9.71 Å². The highest BCUT2D eigenvalue weighted by atomic mass is 32.2. The van der Waals surface area contributed by atoms with Gasteiger partial charge in [-0.2, -0.15) is 0 Å². The molecule has 1 heterocycles. The van der Waals surface area contributed by atoms with Crippen molar-refractivity contribution >= 4 is 20.9 Å². The number of hydrogen-bond acceptors (Lipinski definition) is 3. The lowest BCUT2D eigenvalue weighted by Gasteiger charge is -2.15. The molecule has 1 N–H and O–H groups in total. The topological polar surface area (TPSA) is 59.1 Å². The van der Waals surface area contributed by atoms with Gasteiger partial charge in [0.25, 0.3) is 0 Å². The minimum atomic E-state index is -3.52. The van der Waals surface area contributed by atoms with Crippen LogP contribution in [0.5, 0.6) is 0 Å². The third-order valence-electron chi connectivity index (χ3n) is 3.30. The molecule has 0 amide bonds. The first kappa shape index (κ1) is 14.9. The van der Waals surface area contributed by atoms with Crippen molar-refractivity contribution in [2.45, 2.75) is 44.6 Å². The van der Waals surface area contributed by atoms with Crippen molar-refractivity contribution in [2.75, 3.05) is 0 Å². The molecule has 1 aromatic heterocycles. The van der Waals surface area contributed by atoms with E-state index in [9.17, 15) is 8.42 Å². The molecule has 2 aromatic rings. The highest BCUT2D eigenvalue weighted by molar-refractivity contribution is 7.89. The van der Waals surface area contributed by atoms with E-state index in [0.29, 0.717) is 10.3 Å². The van der Waals surface area contributed by atoms with E-state index in [0.717, 1.165) is 23.9 Å². The molecule has 20 heavy (non-hydrogen) atoms. The van der Waals surface area contributed by atoms with Crippen LogP contribution in [-0.4, -0.2) is 19.4 Å². The number of pyridine rings is 1. The van der Waals surface area contributed by atoms with Gasteiger partial charge in [-0.1, -0.05) is 19.4 Å². The van der Waals surface area contributed by atoms with E-state index in [1.807, 2.05) is 20.8 Å². The second-order valence-electron chi connectivity index (χ2n) is 5.09. The van der Waals surface area contributed by atoms with Crippen LogP contribution in [0.1, 0.15) is 32.3 Å². The zero-order valence-electron chi connectivity index (χ0n) is 12.1. The first-order valence-corrected chi connectivity index (χ1v) is 8.30. The Balaban J connectivity index is 2.50. The third-order valence-corrected chi connectivity index (χ3v) is 4.95. The lowest BCUT2D eigenvalue weighted by atomic mass is 10.1. The Morgan fingerprint density at radius 3 is 2.75 bits per heavy atom. The van der Waals surface area contributed by atoms with Crippen molar-refractivity contribution < 1.29 is 8.42 Å². The maximum absolute atomic E-state index is 12.5. The molecule has 0 saturated carbocycles. The van der Waals surface area contributed by atoms with Gasteiger partial charge in [-0.15, -0.1) is 0 Å². The normalized spacial score (nSPS) is 13.6. The molecule has 0 aliphatic rings. The standard InChI is InChI=1S/C15H20N2O2S/c1-4-6-12(3)17-20(18,19)14-9-8-11(2)15-13(14)7-5-10-16-15/h5,7-10,12,17H,4,6H2,1-3H3. The molecule has 108 valence electrons. The average Bonchev–Trinajstić information content (AvgIpc) is 2.38. The second-order valence-corrected chi connectivity index (χ2v) is 6.77. The number of nitrogens with one attached hydrogen (secondary N) is 1. The summed E-state index contributed by atoms with van der Waals surface area (Å²) in [5.74, 6) is 0. The fraction of sp³-hybridized carbons (Fsp3) is 0.400. The number of aromatic nitrogens is 1. The Hall–Kier alpha value is -1.46. The summed E-state index contributed by atoms with van der Waals surface area (Å²) in [4.78, 5) is 4.58. The molecule has 1 aromatic carbocycles. The van der Waals surface area contributed by atoms with E-state index >= 15 is 0 Å². The zero-order valence-corrected chi connectivity index (χ0v) is 12.9. The van der Waals surface area contributed by atoms with E-state index in [1.54, 1.807) is 30.5 Å². The van der Waals surface area contributed by atoms with Crippen molar-refractivity contribution in [3.05, 3.63) is 36.0 Å². The summed E-state index contributed by atoms with van der Waals surface area (Å²) >= 11 is 0. The molecule has 0 aliphatic heterocycles. The summed E-state index contributed by atoms with van der Waals surface area (Å²) in [6.07, 6.45) is 3.44. The second kappa shape index (κ2) is 5.89. The third kappa shape index (κ3) is 2.99. The lowest BCUT2D eigenvalue weighted by Crippen LogP contribution is -2.32. The smallest absolute Gasteiger partial charge is 0.241 e. The summed E-state index contributed by atoms with van der Waals surface area (Å²) in [5.41, 5.74) is 1.71. The highest BCUT2D eigenvalue weighted by Gasteiger charge is 2.20. The van der Waals surface area contributed by atoms with Crippen LogP contribution in [0, 0.1) is 6.92 Å². The van der Waals surface area contributed by atoms with Crippen LogP contribution in [0.2, 0.25) is 0 Å². The maximum Gasteiger partial charge on any atom is 0.241 e. The number of hydrogen-bond donors (Lipinski definition) is 1. The Morgan fingerprint density at radius 2 is 2.05 bits per heavy atom. The Morgan fingerprint density at radius 1 is 1.30 bits per heavy atom. The molecule has 1 unspecified atom stereocenters. The van der Waals surface area contributed by atoms with Gasteiger partial charge < -0.3 is 0 Å². The Labute approximate surface area is 120 Å². The van der Waals surface area contributed by atoms with Crippen LogP contribution in [-0.2, 0) is 10.0 Å². The Kier molecular flexibility index (Phi) is 4.40. The molecule has 5 heteroatoms. The number of aryl methyl sites for hydroxylation is 1. The number of fused-ring (bicyclic) bond motifs is 1. The fourth-order valence-electron chi connectivity index (χ4n) is 2.34. The number of nitrogens with zero attached hydrogens (tertiary/aromatic N) is 1. The summed E-state index contributed by atoms with van der Waals surface area (Å²) in [6, 6.07) is 6.94. The van der Waals surface area contributed by atoms with E-state index in [4.69, 9.17) is 0 Å². The van der Waals surface area contributed by atoms with E-state index in [1.165, 1.54) is 0 Å². The molecular weight excluding hydrogens is 272 g/mol. The molecule has 0 aliphatic carbocycles. The van der Waals surface area contributed by atoms with Gasteiger partial charge in [0.05, 0.1) is 10.4 Å². The molecule has 4 nitrogen and oxygen atoms in total. The van der Waals surface area contributed by atoms with Crippen LogP contribution in [0.3, 0.4) is 0 Å². The minimum absolute atomic E-state index is 0.0713. The van der Waals surface area contributed by atoms with Crippen LogP contribution < -0.4 is 4.72 Å². The molecule has 1 atom stereocenters. The van der Waals surface area contributed by atoms with Gasteiger partial charge in [-0.3, -0.25) is 4.98 Å². The van der Waals surface area contributed by atoms with Crippen LogP contribution in [0.25, 0.3) is 10.9 Å². The molecule has 0 saturated heterocycles. The quantitative estimate of drug-likeness (QED) is 0.921. The molecule has 2 rings (SSSR count). The molecule has 0 spiro atoms. The van der Waals surface area contributed by atoms with Crippen molar-refractivity contribution in [1.29, 1.82) is 0 Å². The molecular formula is C15H20N2O2S. The average molecular weight is 292 g/mol. The van der Waals surface area contributed by atoms with Crippen molar-refractivity contribution in [1.82, 2.24) is 9.71 Å². The zero-order chi connectivity index (χ0) is 14.8. The van der Waals surface area contributed by atoms with Crippen molar-refractivity contribution in [2.24, 2.45) is 0 Å². The molecule has 0 fully saturated rings. The van der Waals surface area contributed by atoms with E-state index in [-0.39, 0.29) is 6.04 Å². The van der Waals surface area contributed by atoms with Gasteiger partial charge in [0.15, 0.2) is 0 Å². The van der Waals surface area contributed by atoms with Crippen LogP contribution in [0.4, 0.5) is 0 Å². The largest absolute Gasteiger partial charge is 0.256 e. The van der Waals surface area contributed by atoms with E-state index < -0.39 is 10.0 Å². The lowest BCUT2D eigenvalue weighted by molar-refractivity contribution is 0.544. The van der Waals surface area contributed by atoms with Crippen LogP contribution in [0.15, 0.2) is 35.4 Å². The number of benzene rings is 1. The SMILES string of the molecule is CCCC(C)NS(=O)(=O)c1ccc(C)c2ncccc12. The van der Waals surface area contributed by atoms with Gasteiger partial charge in [0.1, 0.15) is 0 Å². The van der Waals surface area contributed by atoms with Crippen molar-refractivity contribution in [3.63, 3.8) is 0 Å². The number of rotatable bonds is 5. The summed E-state index contributed by atoms with van der Waals surface area (Å²) in [5, 5.41) is 0.670. The Bertz CT molecular complexity index is 711. The fourth-order valence-corrected chi connectivity index (χ4v) is 3.82. The molecule has 0 bridgehead atoms. The monoisotopic (exact) mass is 292 g/mol. The van der Waals surface area contributed by atoms with Crippen LogP contribution >= 0.6 is 0 Å². The summed E-state index contributed by atoms with van der Waals surface area (Å²) in [6.45, 7) is 5.85. The summed E-state index contributed by atoms with van der Waals surface area (Å²) < 4.78 is 27.7. The minimum Gasteiger partial charge on any atom is -0.256 e. The first-order valence-electron chi connectivity index (χ1n) is 6.82. The predicted octanol–water partition coefficient (Wildman–Crippen LogP) is 3.01. The van der Waals surface area contributed by atoms with Gasteiger partial charge in [-0.05, 0) is 44.0 Å². The first-order chi connectivity index (χ1) is 9.45.